The molecule has 6 heteroatoms. The molecule has 0 atom stereocenters. The van der Waals surface area contributed by atoms with Crippen LogP contribution in [0.5, 0.6) is 11.8 Å². The lowest BCUT2D eigenvalue weighted by Crippen LogP contribution is -2.08. The van der Waals surface area contributed by atoms with E-state index in [4.69, 9.17) is 15.2 Å². The molecule has 6 nitrogen and oxygen atoms in total. The molecule has 0 saturated heterocycles. The first-order chi connectivity index (χ1) is 7.08. The van der Waals surface area contributed by atoms with E-state index < -0.39 is 0 Å². The average molecular weight is 211 g/mol. The van der Waals surface area contributed by atoms with E-state index in [1.807, 2.05) is 0 Å². The molecule has 0 saturated carbocycles. The van der Waals surface area contributed by atoms with Gasteiger partial charge in [-0.3, -0.25) is 4.79 Å². The number of anilines is 1. The van der Waals surface area contributed by atoms with E-state index in [2.05, 4.69) is 9.97 Å². The van der Waals surface area contributed by atoms with Gasteiger partial charge in [0.1, 0.15) is 11.6 Å². The standard InChI is InChI=1S/C9H13N3O3/c1-5(13)4-6-11-8(14-2)7(10)9(12-6)15-3/h4,10H2,1-3H3. The zero-order valence-corrected chi connectivity index (χ0v) is 8.90. The molecule has 0 fully saturated rings. The molecule has 1 aromatic heterocycles. The number of rotatable bonds is 4. The SMILES string of the molecule is COc1nc(CC(C)=O)nc(OC)c1N. The number of nitrogens with two attached hydrogens (primary N) is 1. The van der Waals surface area contributed by atoms with Gasteiger partial charge in [0.05, 0.1) is 20.6 Å². The third kappa shape index (κ3) is 2.55. The van der Waals surface area contributed by atoms with Crippen LogP contribution in [0.1, 0.15) is 12.7 Å². The van der Waals surface area contributed by atoms with Gasteiger partial charge in [-0.1, -0.05) is 0 Å². The molecule has 15 heavy (non-hydrogen) atoms. The van der Waals surface area contributed by atoms with Crippen LogP contribution in [0.15, 0.2) is 0 Å². The number of ketones is 1. The van der Waals surface area contributed by atoms with Crippen molar-refractivity contribution in [2.24, 2.45) is 0 Å². The second-order valence-electron chi connectivity index (χ2n) is 2.95. The summed E-state index contributed by atoms with van der Waals surface area (Å²) >= 11 is 0. The fraction of sp³-hybridized carbons (Fsp3) is 0.444. The van der Waals surface area contributed by atoms with Crippen LogP contribution in [0.25, 0.3) is 0 Å². The van der Waals surface area contributed by atoms with Crippen molar-refractivity contribution in [3.8, 4) is 11.8 Å². The zero-order valence-electron chi connectivity index (χ0n) is 8.90. The Hall–Kier alpha value is -1.85. The van der Waals surface area contributed by atoms with Crippen LogP contribution in [0.4, 0.5) is 5.69 Å². The first-order valence-corrected chi connectivity index (χ1v) is 4.32. The molecular weight excluding hydrogens is 198 g/mol. The van der Waals surface area contributed by atoms with Crippen LogP contribution in [0.2, 0.25) is 0 Å². The maximum Gasteiger partial charge on any atom is 0.244 e. The van der Waals surface area contributed by atoms with Gasteiger partial charge in [0.2, 0.25) is 11.8 Å². The van der Waals surface area contributed by atoms with Crippen LogP contribution >= 0.6 is 0 Å². The maximum atomic E-state index is 10.9. The number of Topliss-reactive ketones (excluding diaryl/α,β-unsaturated/α-hetero) is 1. The highest BCUT2D eigenvalue weighted by Crippen LogP contribution is 2.27. The number of nitrogen functional groups attached to an aromatic ring is 1. The quantitative estimate of drug-likeness (QED) is 0.765. The largest absolute Gasteiger partial charge is 0.479 e. The number of methoxy groups -OCH3 is 2. The summed E-state index contributed by atoms with van der Waals surface area (Å²) in [5.41, 5.74) is 5.87. The fourth-order valence-corrected chi connectivity index (χ4v) is 1.08. The van der Waals surface area contributed by atoms with Crippen molar-refractivity contribution in [3.05, 3.63) is 5.82 Å². The molecule has 1 heterocycles. The van der Waals surface area contributed by atoms with Gasteiger partial charge >= 0.3 is 0 Å². The molecule has 0 aliphatic carbocycles. The van der Waals surface area contributed by atoms with Gasteiger partial charge in [-0.15, -0.1) is 0 Å². The third-order valence-corrected chi connectivity index (χ3v) is 1.72. The number of aromatic nitrogens is 2. The fourth-order valence-electron chi connectivity index (χ4n) is 1.08. The lowest BCUT2D eigenvalue weighted by atomic mass is 10.3. The Kier molecular flexibility index (Phi) is 3.43. The molecule has 0 radical (unpaired) electrons. The van der Waals surface area contributed by atoms with Crippen LogP contribution in [0, 0.1) is 0 Å². The summed E-state index contributed by atoms with van der Waals surface area (Å²) in [6.45, 7) is 1.46. The molecule has 0 spiro atoms. The molecular formula is C9H13N3O3. The van der Waals surface area contributed by atoms with Crippen LogP contribution in [0.3, 0.4) is 0 Å². The highest BCUT2D eigenvalue weighted by Gasteiger charge is 2.13. The van der Waals surface area contributed by atoms with E-state index in [-0.39, 0.29) is 29.7 Å². The van der Waals surface area contributed by atoms with Crippen LogP contribution in [-0.4, -0.2) is 30.0 Å². The van der Waals surface area contributed by atoms with Crippen molar-refractivity contribution in [3.63, 3.8) is 0 Å². The molecule has 0 unspecified atom stereocenters. The first-order valence-electron chi connectivity index (χ1n) is 4.32. The lowest BCUT2D eigenvalue weighted by molar-refractivity contribution is -0.116. The summed E-state index contributed by atoms with van der Waals surface area (Å²) < 4.78 is 9.88. The van der Waals surface area contributed by atoms with Crippen LogP contribution in [-0.2, 0) is 11.2 Å². The Bertz CT molecular complexity index is 354. The summed E-state index contributed by atoms with van der Waals surface area (Å²) in [5, 5.41) is 0. The predicted octanol–water partition coefficient (Wildman–Crippen LogP) is 0.208. The Labute approximate surface area is 87.4 Å². The minimum atomic E-state index is -0.0381. The molecule has 0 aromatic carbocycles. The number of hydrogen-bond donors (Lipinski definition) is 1. The molecule has 1 rings (SSSR count). The van der Waals surface area contributed by atoms with E-state index in [1.54, 1.807) is 0 Å². The van der Waals surface area contributed by atoms with Gasteiger partial charge < -0.3 is 15.2 Å². The van der Waals surface area contributed by atoms with Gasteiger partial charge in [-0.25, -0.2) is 0 Å². The molecule has 0 bridgehead atoms. The topological polar surface area (TPSA) is 87.3 Å². The lowest BCUT2D eigenvalue weighted by Gasteiger charge is -2.08. The number of hydrogen-bond acceptors (Lipinski definition) is 6. The van der Waals surface area contributed by atoms with E-state index >= 15 is 0 Å². The Balaban J connectivity index is 3.14. The second-order valence-corrected chi connectivity index (χ2v) is 2.95. The van der Waals surface area contributed by atoms with Gasteiger partial charge in [-0.2, -0.15) is 9.97 Å². The van der Waals surface area contributed by atoms with Gasteiger partial charge in [0.25, 0.3) is 0 Å². The van der Waals surface area contributed by atoms with Crippen molar-refractivity contribution in [2.75, 3.05) is 20.0 Å². The minimum absolute atomic E-state index is 0.0381. The smallest absolute Gasteiger partial charge is 0.244 e. The number of nitrogens with zero attached hydrogens (tertiary/aromatic N) is 2. The summed E-state index contributed by atoms with van der Waals surface area (Å²) in [5.74, 6) is 0.741. The number of ether oxygens (including phenoxy) is 2. The van der Waals surface area contributed by atoms with E-state index in [0.29, 0.717) is 5.82 Å². The average Bonchev–Trinajstić information content (AvgIpc) is 2.19. The summed E-state index contributed by atoms with van der Waals surface area (Å²) in [7, 11) is 2.88. The van der Waals surface area contributed by atoms with Crippen molar-refractivity contribution < 1.29 is 14.3 Å². The summed E-state index contributed by atoms with van der Waals surface area (Å²) in [4.78, 5) is 18.9. The van der Waals surface area contributed by atoms with Gasteiger partial charge in [0, 0.05) is 0 Å². The van der Waals surface area contributed by atoms with Gasteiger partial charge in [-0.05, 0) is 6.92 Å². The second kappa shape index (κ2) is 4.59. The molecule has 2 N–H and O–H groups in total. The maximum absolute atomic E-state index is 10.9. The number of carbonyl (C=O) groups excluding carboxylic acids is 1. The summed E-state index contributed by atoms with van der Waals surface area (Å²) in [6, 6.07) is 0. The molecule has 1 aromatic rings. The molecule has 0 aliphatic rings. The molecule has 82 valence electrons. The minimum Gasteiger partial charge on any atom is -0.479 e. The molecule has 0 aliphatic heterocycles. The van der Waals surface area contributed by atoms with Crippen LogP contribution < -0.4 is 15.2 Å². The molecule has 0 amide bonds. The van der Waals surface area contributed by atoms with E-state index in [1.165, 1.54) is 21.1 Å². The highest BCUT2D eigenvalue weighted by atomic mass is 16.5. The predicted molar refractivity (Wildman–Crippen MR) is 53.9 cm³/mol. The number of carbonyl (C=O) groups is 1. The summed E-state index contributed by atoms with van der Waals surface area (Å²) in [6.07, 6.45) is 0.132. The van der Waals surface area contributed by atoms with Crippen molar-refractivity contribution in [1.29, 1.82) is 0 Å². The zero-order chi connectivity index (χ0) is 11.4. The Morgan fingerprint density at radius 2 is 1.73 bits per heavy atom. The Morgan fingerprint density at radius 1 is 1.27 bits per heavy atom. The normalized spacial score (nSPS) is 9.80. The third-order valence-electron chi connectivity index (χ3n) is 1.72. The van der Waals surface area contributed by atoms with Crippen molar-refractivity contribution >= 4 is 11.5 Å². The van der Waals surface area contributed by atoms with E-state index in [0.717, 1.165) is 0 Å². The van der Waals surface area contributed by atoms with Crippen molar-refractivity contribution in [2.45, 2.75) is 13.3 Å². The monoisotopic (exact) mass is 211 g/mol. The highest BCUT2D eigenvalue weighted by molar-refractivity contribution is 5.77. The first kappa shape index (κ1) is 11.2. The van der Waals surface area contributed by atoms with Gasteiger partial charge in [0.15, 0.2) is 5.69 Å². The Morgan fingerprint density at radius 3 is 2.07 bits per heavy atom. The van der Waals surface area contributed by atoms with Crippen molar-refractivity contribution in [1.82, 2.24) is 9.97 Å². The van der Waals surface area contributed by atoms with E-state index in [9.17, 15) is 4.79 Å².